The number of rotatable bonds is 8. The monoisotopic (exact) mass is 824 g/mol. The van der Waals surface area contributed by atoms with Gasteiger partial charge >= 0.3 is 23.9 Å². The van der Waals surface area contributed by atoms with Gasteiger partial charge in [0, 0.05) is 48.3 Å². The Morgan fingerprint density at radius 2 is 0.390 bits per heavy atom. The molecule has 0 heterocycles. The maximum absolute atomic E-state index is 4.91. The van der Waals surface area contributed by atoms with Crippen molar-refractivity contribution in [3.63, 3.8) is 0 Å². The third-order valence-corrected chi connectivity index (χ3v) is 6.98. The average molecular weight is 824 g/mol. The van der Waals surface area contributed by atoms with Gasteiger partial charge in [0.25, 0.3) is 0 Å². The molecule has 0 bridgehead atoms. The Morgan fingerprint density at radius 3 is 0.390 bits per heavy atom. The zero-order chi connectivity index (χ0) is 33.2. The number of hydrogen-bond donors (Lipinski definition) is 0. The molecule has 0 aromatic heterocycles. The van der Waals surface area contributed by atoms with Crippen LogP contribution in [0.25, 0.3) is 0 Å². The molecule has 0 aromatic rings. The molecule has 0 aliphatic carbocycles. The van der Waals surface area contributed by atoms with Crippen molar-refractivity contribution in [3.8, 4) is 0 Å². The molecule has 0 unspecified atom stereocenters. The summed E-state index contributed by atoms with van der Waals surface area (Å²) in [6.07, 6.45) is 0. The van der Waals surface area contributed by atoms with E-state index in [2.05, 4.69) is 111 Å². The largest absolute Gasteiger partial charge is 4.00 e. The maximum Gasteiger partial charge on any atom is 4.00 e. The van der Waals surface area contributed by atoms with Crippen LogP contribution in [0, 0.1) is 0 Å². The van der Waals surface area contributed by atoms with Crippen molar-refractivity contribution in [2.45, 2.75) is 159 Å². The van der Waals surface area contributed by atoms with Crippen LogP contribution in [0.1, 0.15) is 111 Å². The van der Waals surface area contributed by atoms with E-state index in [1.54, 1.807) is 0 Å². The zero-order valence-corrected chi connectivity index (χ0v) is 37.6. The van der Waals surface area contributed by atoms with Gasteiger partial charge in [-0.25, -0.2) is 0 Å². The molecule has 240 valence electrons. The van der Waals surface area contributed by atoms with E-state index in [0.717, 1.165) is 0 Å². The third kappa shape index (κ3) is 26.2. The van der Waals surface area contributed by atoms with Crippen LogP contribution in [0.15, 0.2) is 0 Å². The van der Waals surface area contributed by atoms with Gasteiger partial charge in [-0.15, -0.1) is 0 Å². The van der Waals surface area contributed by atoms with Gasteiger partial charge in [-0.3, -0.25) is 0 Å². The second-order valence-electron chi connectivity index (χ2n) is 11.4. The number of nitrogens with zero attached hydrogens (tertiary/aromatic N) is 4. The predicted molar refractivity (Wildman–Crippen MR) is 214 cm³/mol. The topological polar surface area (TPSA) is 13.0 Å². The number of thiocarbonyl (C=S) groups is 4. The Bertz CT molecular complexity index is 578. The van der Waals surface area contributed by atoms with Crippen molar-refractivity contribution >= 4 is 141 Å². The smallest absolute Gasteiger partial charge is 0.411 e. The second-order valence-corrected chi connectivity index (χ2v) is 15.6. The van der Waals surface area contributed by atoms with E-state index in [1.165, 1.54) is 0 Å². The zero-order valence-electron chi connectivity index (χ0n) is 28.2. The van der Waals surface area contributed by atoms with Crippen LogP contribution >= 0.6 is 48.9 Å². The van der Waals surface area contributed by atoms with Crippen LogP contribution in [-0.4, -0.2) is 109 Å². The molecule has 0 saturated carbocycles. The van der Waals surface area contributed by atoms with Gasteiger partial charge in [0.05, 0.1) is 0 Å². The Hall–Kier alpha value is 1.24. The van der Waals surface area contributed by atoms with E-state index in [-0.39, 0.29) is 23.9 Å². The quantitative estimate of drug-likeness (QED) is 0.138. The van der Waals surface area contributed by atoms with Crippen molar-refractivity contribution < 1.29 is 0 Å². The Kier molecular flexibility index (Phi) is 34.8. The van der Waals surface area contributed by atoms with Gasteiger partial charge in [0.2, 0.25) is 0 Å². The molecular formula is C28H56N4S8Sn. The Balaban J connectivity index is -0.000000139. The summed E-state index contributed by atoms with van der Waals surface area (Å²) >= 11 is 39.3. The Morgan fingerprint density at radius 1 is 0.317 bits per heavy atom. The first kappa shape index (κ1) is 51.8. The van der Waals surface area contributed by atoms with Crippen molar-refractivity contribution in [2.24, 2.45) is 0 Å². The molecule has 0 spiro atoms. The standard InChI is InChI=1S/4C7H15NS2.Sn/c4*1-5(2)8(6(3)4)7(9)10;/h4*5-6H,1-4H3,(H,9,10);/q;;;;+4/p-4. The van der Waals surface area contributed by atoms with Crippen LogP contribution in [0.3, 0.4) is 0 Å². The maximum atomic E-state index is 4.91. The van der Waals surface area contributed by atoms with Crippen LogP contribution in [-0.2, 0) is 50.5 Å². The molecule has 0 saturated heterocycles. The van der Waals surface area contributed by atoms with Crippen molar-refractivity contribution in [1.82, 2.24) is 19.6 Å². The van der Waals surface area contributed by atoms with E-state index >= 15 is 0 Å². The molecule has 13 heteroatoms. The summed E-state index contributed by atoms with van der Waals surface area (Å²) in [4.78, 5) is 8.19. The summed E-state index contributed by atoms with van der Waals surface area (Å²) in [5, 5.41) is 0. The Labute approximate surface area is 316 Å². The van der Waals surface area contributed by atoms with Crippen molar-refractivity contribution in [3.05, 3.63) is 0 Å². The van der Waals surface area contributed by atoms with E-state index in [0.29, 0.717) is 65.6 Å². The fourth-order valence-corrected chi connectivity index (χ4v) is 7.44. The third-order valence-electron chi connectivity index (χ3n) is 5.29. The van der Waals surface area contributed by atoms with E-state index in [9.17, 15) is 0 Å². The normalized spacial score (nSPS) is 10.3. The summed E-state index contributed by atoms with van der Waals surface area (Å²) in [5.74, 6) is 0. The van der Waals surface area contributed by atoms with Gasteiger partial charge < -0.3 is 119 Å². The van der Waals surface area contributed by atoms with Gasteiger partial charge in [0.15, 0.2) is 0 Å². The molecular weight excluding hydrogens is 768 g/mol. The van der Waals surface area contributed by atoms with Crippen molar-refractivity contribution in [1.29, 1.82) is 0 Å². The molecule has 0 N–H and O–H groups in total. The van der Waals surface area contributed by atoms with Crippen LogP contribution in [0.5, 0.6) is 0 Å². The SMILES string of the molecule is CC(C)N(C(=S)[S-])C(C)C.CC(C)N(C(=S)[S-])C(C)C.CC(C)N(C(=S)[S-])C(C)C.CC(C)N(C(=S)[S-])C(C)C.[Sn+4]. The molecule has 0 aliphatic rings. The van der Waals surface area contributed by atoms with Gasteiger partial charge in [-0.05, 0) is 111 Å². The molecule has 0 fully saturated rings. The molecule has 0 aromatic carbocycles. The molecule has 0 amide bonds. The summed E-state index contributed by atoms with van der Waals surface area (Å²) in [6.45, 7) is 33.5. The van der Waals surface area contributed by atoms with E-state index < -0.39 is 0 Å². The summed E-state index contributed by atoms with van der Waals surface area (Å²) in [7, 11) is 0. The van der Waals surface area contributed by atoms with Crippen molar-refractivity contribution in [2.75, 3.05) is 0 Å². The van der Waals surface area contributed by atoms with Gasteiger partial charge in [-0.1, -0.05) is 17.3 Å². The van der Waals surface area contributed by atoms with E-state index in [4.69, 9.17) is 99.4 Å². The number of hydrogen-bond acceptors (Lipinski definition) is 8. The summed E-state index contributed by atoms with van der Waals surface area (Å²) < 4.78 is 2.30. The average Bonchev–Trinajstić information content (AvgIpc) is 2.64. The fraction of sp³-hybridized carbons (Fsp3) is 0.857. The van der Waals surface area contributed by atoms with Crippen LogP contribution < -0.4 is 0 Å². The van der Waals surface area contributed by atoms with Gasteiger partial charge in [0.1, 0.15) is 0 Å². The molecule has 4 nitrogen and oxygen atoms in total. The second kappa shape index (κ2) is 27.5. The first-order valence-electron chi connectivity index (χ1n) is 13.8. The molecule has 0 aliphatic heterocycles. The van der Waals surface area contributed by atoms with Crippen LogP contribution in [0.2, 0.25) is 0 Å². The molecule has 0 atom stereocenters. The first-order valence-corrected chi connectivity index (χ1v) is 17.1. The minimum atomic E-state index is 0. The molecule has 0 rings (SSSR count). The van der Waals surface area contributed by atoms with Crippen LogP contribution in [0.4, 0.5) is 0 Å². The summed E-state index contributed by atoms with van der Waals surface area (Å²) in [5.41, 5.74) is 0. The first-order chi connectivity index (χ1) is 17.9. The summed E-state index contributed by atoms with van der Waals surface area (Å²) in [6, 6.07) is 3.37. The minimum absolute atomic E-state index is 0. The fourth-order valence-electron chi connectivity index (χ4n) is 4.07. The minimum Gasteiger partial charge on any atom is -0.411 e. The van der Waals surface area contributed by atoms with E-state index in [1.807, 2.05) is 19.6 Å². The van der Waals surface area contributed by atoms with Gasteiger partial charge in [-0.2, -0.15) is 0 Å². The molecule has 0 radical (unpaired) electrons. The predicted octanol–water partition coefficient (Wildman–Crippen LogP) is 7.37. The molecule has 41 heavy (non-hydrogen) atoms.